The van der Waals surface area contributed by atoms with E-state index in [9.17, 15) is 9.59 Å². The van der Waals surface area contributed by atoms with Crippen molar-refractivity contribution in [3.8, 4) is 0 Å². The second-order valence-corrected chi connectivity index (χ2v) is 5.19. The highest BCUT2D eigenvalue weighted by atomic mass is 16.4. The molecule has 1 fully saturated rings. The summed E-state index contributed by atoms with van der Waals surface area (Å²) in [6.07, 6.45) is 3.98. The van der Waals surface area contributed by atoms with Crippen molar-refractivity contribution >= 4 is 16.9 Å². The summed E-state index contributed by atoms with van der Waals surface area (Å²) in [7, 11) is 0. The number of rotatable bonds is 4. The van der Waals surface area contributed by atoms with Crippen molar-refractivity contribution in [2.24, 2.45) is 5.92 Å². The normalized spacial score (nSPS) is 15.6. The van der Waals surface area contributed by atoms with Crippen LogP contribution in [0.3, 0.4) is 0 Å². The highest BCUT2D eigenvalue weighted by molar-refractivity contribution is 6.00. The number of aryl methyl sites for hydroxylation is 1. The van der Waals surface area contributed by atoms with Gasteiger partial charge in [0, 0.05) is 18.0 Å². The van der Waals surface area contributed by atoms with E-state index in [1.165, 1.54) is 0 Å². The largest absolute Gasteiger partial charge is 0.419 e. The maximum Gasteiger partial charge on any atom is 0.419 e. The third kappa shape index (κ3) is 2.01. The lowest BCUT2D eigenvalue weighted by molar-refractivity contribution is 0.0855. The van der Waals surface area contributed by atoms with E-state index in [1.807, 2.05) is 19.1 Å². The van der Waals surface area contributed by atoms with E-state index in [0.717, 1.165) is 31.2 Å². The maximum atomic E-state index is 12.2. The molecule has 1 aliphatic carbocycles. The number of benzene rings is 1. The molecule has 4 nitrogen and oxygen atoms in total. The molecule has 1 heterocycles. The van der Waals surface area contributed by atoms with Gasteiger partial charge in [-0.05, 0) is 37.5 Å². The number of fused-ring (bicyclic) bond motifs is 1. The first-order valence-corrected chi connectivity index (χ1v) is 6.88. The van der Waals surface area contributed by atoms with Crippen LogP contribution in [-0.4, -0.2) is 10.4 Å². The van der Waals surface area contributed by atoms with Crippen LogP contribution < -0.4 is 5.76 Å². The second-order valence-electron chi connectivity index (χ2n) is 5.19. The summed E-state index contributed by atoms with van der Waals surface area (Å²) in [6, 6.07) is 5.34. The Balaban J connectivity index is 2.01. The van der Waals surface area contributed by atoms with Gasteiger partial charge in [-0.25, -0.2) is 4.79 Å². The molecule has 0 unspecified atom stereocenters. The second kappa shape index (κ2) is 4.68. The Hall–Kier alpha value is -1.84. The predicted octanol–water partition coefficient (Wildman–Crippen LogP) is 2.99. The van der Waals surface area contributed by atoms with E-state index in [4.69, 9.17) is 4.42 Å². The summed E-state index contributed by atoms with van der Waals surface area (Å²) in [6.45, 7) is 2.65. The van der Waals surface area contributed by atoms with Gasteiger partial charge in [0.25, 0.3) is 0 Å². The van der Waals surface area contributed by atoms with Crippen LogP contribution in [0.2, 0.25) is 0 Å². The molecule has 1 aliphatic rings. The summed E-state index contributed by atoms with van der Waals surface area (Å²) in [5.41, 5.74) is 1.95. The Morgan fingerprint density at radius 2 is 2.21 bits per heavy atom. The van der Waals surface area contributed by atoms with Gasteiger partial charge >= 0.3 is 5.76 Å². The Bertz CT molecular complexity index is 676. The van der Waals surface area contributed by atoms with Gasteiger partial charge in [-0.15, -0.1) is 0 Å². The zero-order valence-corrected chi connectivity index (χ0v) is 11.0. The van der Waals surface area contributed by atoms with Crippen molar-refractivity contribution in [2.45, 2.75) is 39.2 Å². The molecule has 19 heavy (non-hydrogen) atoms. The van der Waals surface area contributed by atoms with Gasteiger partial charge in [-0.3, -0.25) is 9.36 Å². The van der Waals surface area contributed by atoms with Gasteiger partial charge < -0.3 is 4.42 Å². The smallest absolute Gasteiger partial charge is 0.408 e. The first kappa shape index (κ1) is 12.2. The lowest BCUT2D eigenvalue weighted by atomic mass is 9.80. The molecule has 0 atom stereocenters. The number of hydrogen-bond acceptors (Lipinski definition) is 3. The van der Waals surface area contributed by atoms with Crippen molar-refractivity contribution in [1.29, 1.82) is 0 Å². The average molecular weight is 259 g/mol. The summed E-state index contributed by atoms with van der Waals surface area (Å²) in [5.74, 6) is 0.00559. The summed E-state index contributed by atoms with van der Waals surface area (Å²) in [5, 5.41) is 0. The van der Waals surface area contributed by atoms with Gasteiger partial charge in [-0.1, -0.05) is 13.3 Å². The molecule has 0 aliphatic heterocycles. The topological polar surface area (TPSA) is 52.2 Å². The van der Waals surface area contributed by atoms with Crippen molar-refractivity contribution < 1.29 is 9.21 Å². The van der Waals surface area contributed by atoms with Crippen LogP contribution in [-0.2, 0) is 6.54 Å². The highest BCUT2D eigenvalue weighted by Gasteiger charge is 2.26. The van der Waals surface area contributed by atoms with Crippen molar-refractivity contribution in [3.05, 3.63) is 34.3 Å². The molecule has 0 N–H and O–H groups in total. The van der Waals surface area contributed by atoms with E-state index in [0.29, 0.717) is 17.7 Å². The van der Waals surface area contributed by atoms with Crippen LogP contribution in [0, 0.1) is 5.92 Å². The lowest BCUT2D eigenvalue weighted by Gasteiger charge is -2.23. The van der Waals surface area contributed by atoms with E-state index < -0.39 is 0 Å². The fourth-order valence-electron chi connectivity index (χ4n) is 2.56. The van der Waals surface area contributed by atoms with Crippen LogP contribution in [0.15, 0.2) is 27.4 Å². The first-order chi connectivity index (χ1) is 9.20. The van der Waals surface area contributed by atoms with Crippen molar-refractivity contribution in [3.63, 3.8) is 0 Å². The van der Waals surface area contributed by atoms with E-state index in [1.54, 1.807) is 10.6 Å². The molecule has 100 valence electrons. The van der Waals surface area contributed by atoms with E-state index in [-0.39, 0.29) is 17.5 Å². The molecule has 0 amide bonds. The lowest BCUT2D eigenvalue weighted by Crippen LogP contribution is -2.21. The van der Waals surface area contributed by atoms with Crippen LogP contribution in [0.1, 0.15) is 43.0 Å². The Morgan fingerprint density at radius 1 is 1.42 bits per heavy atom. The highest BCUT2D eigenvalue weighted by Crippen LogP contribution is 2.30. The van der Waals surface area contributed by atoms with Gasteiger partial charge in [0.1, 0.15) is 0 Å². The van der Waals surface area contributed by atoms with E-state index in [2.05, 4.69) is 0 Å². The molecule has 1 aromatic carbocycles. The standard InChI is InChI=1S/C15H17NO3/c1-2-8-16-12-7-6-11(9-13(12)19-15(16)18)14(17)10-4-3-5-10/h6-7,9-10H,2-5,8H2,1H3. The number of carbonyl (C=O) groups is 1. The molecule has 3 rings (SSSR count). The average Bonchev–Trinajstić information content (AvgIpc) is 2.63. The Kier molecular flexibility index (Phi) is 3.01. The summed E-state index contributed by atoms with van der Waals surface area (Å²) >= 11 is 0. The van der Waals surface area contributed by atoms with Gasteiger partial charge in [0.15, 0.2) is 11.4 Å². The number of nitrogens with zero attached hydrogens (tertiary/aromatic N) is 1. The quantitative estimate of drug-likeness (QED) is 0.793. The molecule has 4 heteroatoms. The number of ketones is 1. The molecule has 0 bridgehead atoms. The zero-order valence-electron chi connectivity index (χ0n) is 11.0. The first-order valence-electron chi connectivity index (χ1n) is 6.88. The third-order valence-corrected chi connectivity index (χ3v) is 3.88. The number of oxazole rings is 1. The van der Waals surface area contributed by atoms with Crippen LogP contribution in [0.25, 0.3) is 11.1 Å². The number of hydrogen-bond donors (Lipinski definition) is 0. The van der Waals surface area contributed by atoms with Crippen LogP contribution >= 0.6 is 0 Å². The van der Waals surface area contributed by atoms with Gasteiger partial charge in [-0.2, -0.15) is 0 Å². The Morgan fingerprint density at radius 3 is 2.84 bits per heavy atom. The number of aromatic nitrogens is 1. The predicted molar refractivity (Wildman–Crippen MR) is 72.4 cm³/mol. The molecule has 1 saturated carbocycles. The molecular weight excluding hydrogens is 242 g/mol. The summed E-state index contributed by atoms with van der Waals surface area (Å²) in [4.78, 5) is 23.9. The molecule has 1 aromatic heterocycles. The zero-order chi connectivity index (χ0) is 13.4. The summed E-state index contributed by atoms with van der Waals surface area (Å²) < 4.78 is 6.85. The van der Waals surface area contributed by atoms with E-state index >= 15 is 0 Å². The molecule has 0 spiro atoms. The van der Waals surface area contributed by atoms with Gasteiger partial charge in [0.05, 0.1) is 5.52 Å². The number of Topliss-reactive ketones (excluding diaryl/α,β-unsaturated/α-hetero) is 1. The minimum Gasteiger partial charge on any atom is -0.408 e. The van der Waals surface area contributed by atoms with Crippen LogP contribution in [0.4, 0.5) is 0 Å². The van der Waals surface area contributed by atoms with Crippen molar-refractivity contribution in [2.75, 3.05) is 0 Å². The molecule has 0 radical (unpaired) electrons. The molecule has 2 aromatic rings. The van der Waals surface area contributed by atoms with Gasteiger partial charge in [0.2, 0.25) is 0 Å². The minimum atomic E-state index is -0.343. The SMILES string of the molecule is CCCn1c(=O)oc2cc(C(=O)C3CCC3)ccc21. The minimum absolute atomic E-state index is 0.168. The Labute approximate surface area is 111 Å². The molecule has 0 saturated heterocycles. The van der Waals surface area contributed by atoms with Crippen LogP contribution in [0.5, 0.6) is 0 Å². The fraction of sp³-hybridized carbons (Fsp3) is 0.467. The number of carbonyl (C=O) groups excluding carboxylic acids is 1. The third-order valence-electron chi connectivity index (χ3n) is 3.88. The monoisotopic (exact) mass is 259 g/mol. The maximum absolute atomic E-state index is 12.2. The van der Waals surface area contributed by atoms with Crippen molar-refractivity contribution in [1.82, 2.24) is 4.57 Å². The fourth-order valence-corrected chi connectivity index (χ4v) is 2.56. The molecular formula is C15H17NO3.